The topological polar surface area (TPSA) is 99.2 Å². The van der Waals surface area contributed by atoms with Crippen molar-refractivity contribution in [3.63, 3.8) is 0 Å². The minimum absolute atomic E-state index is 0.0407. The predicted octanol–water partition coefficient (Wildman–Crippen LogP) is 5.57. The number of carbonyl (C=O) groups excluding carboxylic acids is 2. The quantitative estimate of drug-likeness (QED) is 0.422. The van der Waals surface area contributed by atoms with Crippen LogP contribution in [0.5, 0.6) is 0 Å². The fourth-order valence-corrected chi connectivity index (χ4v) is 7.28. The van der Waals surface area contributed by atoms with Crippen molar-refractivity contribution in [1.29, 1.82) is 0 Å². The molecule has 0 aromatic heterocycles. The van der Waals surface area contributed by atoms with Crippen LogP contribution in [-0.2, 0) is 14.3 Å². The van der Waals surface area contributed by atoms with Gasteiger partial charge in [-0.3, -0.25) is 9.69 Å². The highest BCUT2D eigenvalue weighted by Gasteiger charge is 2.50. The molecule has 2 N–H and O–H groups in total. The molecular formula is C31H43F4N3O5. The third-order valence-electron chi connectivity index (χ3n) is 9.85. The third-order valence-corrected chi connectivity index (χ3v) is 9.85. The summed E-state index contributed by atoms with van der Waals surface area (Å²) in [6.07, 6.45) is 3.74. The van der Waals surface area contributed by atoms with Gasteiger partial charge in [-0.25, -0.2) is 14.0 Å². The molecule has 3 heterocycles. The Labute approximate surface area is 250 Å². The number of cyclic esters (lactones) is 1. The van der Waals surface area contributed by atoms with Crippen molar-refractivity contribution >= 4 is 18.0 Å². The van der Waals surface area contributed by atoms with E-state index in [2.05, 4.69) is 24.1 Å². The van der Waals surface area contributed by atoms with Crippen molar-refractivity contribution in [3.05, 3.63) is 35.6 Å². The summed E-state index contributed by atoms with van der Waals surface area (Å²) < 4.78 is 50.7. The number of aliphatic carboxylic acids is 1. The zero-order chi connectivity index (χ0) is 31.4. The van der Waals surface area contributed by atoms with E-state index < -0.39 is 12.1 Å². The van der Waals surface area contributed by atoms with Gasteiger partial charge in [0.1, 0.15) is 12.4 Å². The molecule has 3 saturated heterocycles. The molecule has 1 aliphatic carbocycles. The maximum absolute atomic E-state index is 13.8. The zero-order valence-electron chi connectivity index (χ0n) is 24.9. The van der Waals surface area contributed by atoms with Gasteiger partial charge in [-0.05, 0) is 87.4 Å². The van der Waals surface area contributed by atoms with E-state index in [-0.39, 0.29) is 40.6 Å². The normalized spacial score (nSPS) is 25.9. The van der Waals surface area contributed by atoms with Gasteiger partial charge in [0.25, 0.3) is 0 Å². The molecule has 1 saturated carbocycles. The first-order valence-electron chi connectivity index (χ1n) is 15.2. The highest BCUT2D eigenvalue weighted by Crippen LogP contribution is 2.48. The summed E-state index contributed by atoms with van der Waals surface area (Å²) in [7, 11) is 0. The highest BCUT2D eigenvalue weighted by molar-refractivity contribution is 5.80. The second kappa shape index (κ2) is 13.4. The van der Waals surface area contributed by atoms with Crippen LogP contribution in [-0.4, -0.2) is 83.9 Å². The minimum atomic E-state index is -5.08. The largest absolute Gasteiger partial charge is 0.490 e. The smallest absolute Gasteiger partial charge is 0.475 e. The first-order valence-corrected chi connectivity index (χ1v) is 15.2. The minimum Gasteiger partial charge on any atom is -0.475 e. The van der Waals surface area contributed by atoms with Crippen LogP contribution in [0.2, 0.25) is 0 Å². The highest BCUT2D eigenvalue weighted by atomic mass is 19.4. The molecule has 43 heavy (non-hydrogen) atoms. The molecule has 1 aromatic carbocycles. The van der Waals surface area contributed by atoms with E-state index in [1.165, 1.54) is 44.2 Å². The van der Waals surface area contributed by atoms with Gasteiger partial charge in [0.15, 0.2) is 0 Å². The number of halogens is 4. The first-order chi connectivity index (χ1) is 20.2. The van der Waals surface area contributed by atoms with Crippen LogP contribution < -0.4 is 5.32 Å². The number of rotatable bonds is 5. The summed E-state index contributed by atoms with van der Waals surface area (Å²) >= 11 is 0. The molecule has 4 aliphatic rings. The number of carbonyl (C=O) groups is 3. The van der Waals surface area contributed by atoms with Crippen molar-refractivity contribution in [3.8, 4) is 0 Å². The van der Waals surface area contributed by atoms with E-state index in [0.29, 0.717) is 19.1 Å². The van der Waals surface area contributed by atoms with Crippen LogP contribution in [0.3, 0.4) is 0 Å². The number of amides is 2. The molecule has 0 spiro atoms. The summed E-state index contributed by atoms with van der Waals surface area (Å²) in [6.45, 7) is 8.38. The van der Waals surface area contributed by atoms with Gasteiger partial charge in [0.05, 0.1) is 11.5 Å². The second-order valence-electron chi connectivity index (χ2n) is 13.0. The van der Waals surface area contributed by atoms with Crippen LogP contribution in [0, 0.1) is 23.1 Å². The Morgan fingerprint density at radius 2 is 1.65 bits per heavy atom. The lowest BCUT2D eigenvalue weighted by Gasteiger charge is -2.51. The van der Waals surface area contributed by atoms with Gasteiger partial charge in [0, 0.05) is 26.2 Å². The molecule has 1 aromatic rings. The average molecular weight is 614 g/mol. The molecule has 2 atom stereocenters. The molecule has 0 bridgehead atoms. The fourth-order valence-electron chi connectivity index (χ4n) is 7.28. The maximum Gasteiger partial charge on any atom is 0.490 e. The Hall–Kier alpha value is -2.89. The number of carboxylic acids is 1. The Bertz CT molecular complexity index is 1130. The molecule has 8 nitrogen and oxygen atoms in total. The number of ether oxygens (including phenoxy) is 1. The van der Waals surface area contributed by atoms with Gasteiger partial charge in [-0.2, -0.15) is 13.2 Å². The van der Waals surface area contributed by atoms with E-state index in [4.69, 9.17) is 14.6 Å². The van der Waals surface area contributed by atoms with E-state index in [1.807, 2.05) is 17.0 Å². The second-order valence-corrected chi connectivity index (χ2v) is 13.0. The maximum atomic E-state index is 13.8. The Balaban J connectivity index is 0.000000541. The molecule has 0 radical (unpaired) electrons. The van der Waals surface area contributed by atoms with Crippen molar-refractivity contribution < 1.29 is 41.8 Å². The number of nitrogens with zero attached hydrogens (tertiary/aromatic N) is 2. The van der Waals surface area contributed by atoms with Crippen LogP contribution in [0.4, 0.5) is 22.4 Å². The van der Waals surface area contributed by atoms with Crippen LogP contribution >= 0.6 is 0 Å². The molecule has 240 valence electrons. The molecule has 2 amide bonds. The number of piperidine rings is 2. The van der Waals surface area contributed by atoms with Crippen molar-refractivity contribution in [2.75, 3.05) is 39.3 Å². The lowest BCUT2D eigenvalue weighted by Crippen LogP contribution is -2.56. The average Bonchev–Trinajstić information content (AvgIpc) is 3.24. The molecule has 12 heteroatoms. The summed E-state index contributed by atoms with van der Waals surface area (Å²) in [6, 6.07) is 6.69. The summed E-state index contributed by atoms with van der Waals surface area (Å²) in [5.41, 5.74) is 0.806. The lowest BCUT2D eigenvalue weighted by molar-refractivity contribution is -0.192. The molecule has 1 unspecified atom stereocenters. The number of likely N-dealkylation sites (tertiary alicyclic amines) is 1. The number of hydrogen-bond acceptors (Lipinski definition) is 5. The number of nitrogens with one attached hydrogen (secondary N) is 1. The Kier molecular flexibility index (Phi) is 10.3. The number of alkyl halides is 3. The summed E-state index contributed by atoms with van der Waals surface area (Å²) in [5.74, 6) is -2.20. The zero-order valence-corrected chi connectivity index (χ0v) is 24.9. The number of hydrogen-bond donors (Lipinski definition) is 2. The third kappa shape index (κ3) is 7.80. The standard InChI is InChI=1S/C29H42FN3O3.C2HF3O2/c1-28(2)20-36-27(35)33(28)19-29(22-6-4-3-5-7-22)13-16-32(17-14-29)26(34)25-18-31-15-12-24(25)21-8-10-23(30)11-9-21;3-2(4,5)1(6)7/h8-11,22,24-25,31H,3-7,12-20H2,1-2H3;(H,6,7)/t24-,25?;/m0./s1. The molecule has 5 rings (SSSR count). The first kappa shape index (κ1) is 33.0. The Morgan fingerprint density at radius 1 is 1.05 bits per heavy atom. The van der Waals surface area contributed by atoms with E-state index in [9.17, 15) is 27.2 Å². The Morgan fingerprint density at radius 3 is 2.19 bits per heavy atom. The van der Waals surface area contributed by atoms with Crippen LogP contribution in [0.25, 0.3) is 0 Å². The van der Waals surface area contributed by atoms with Crippen LogP contribution in [0.15, 0.2) is 24.3 Å². The monoisotopic (exact) mass is 613 g/mol. The molecular weight excluding hydrogens is 570 g/mol. The number of benzene rings is 1. The van der Waals surface area contributed by atoms with E-state index in [0.717, 1.165) is 51.0 Å². The van der Waals surface area contributed by atoms with Crippen molar-refractivity contribution in [2.24, 2.45) is 17.3 Å². The van der Waals surface area contributed by atoms with Gasteiger partial charge in [0.2, 0.25) is 5.91 Å². The van der Waals surface area contributed by atoms with Gasteiger partial charge in [-0.1, -0.05) is 31.4 Å². The fraction of sp³-hybridized carbons (Fsp3) is 0.710. The summed E-state index contributed by atoms with van der Waals surface area (Å²) in [4.78, 5) is 39.4. The van der Waals surface area contributed by atoms with Crippen molar-refractivity contribution in [1.82, 2.24) is 15.1 Å². The summed E-state index contributed by atoms with van der Waals surface area (Å²) in [5, 5.41) is 10.5. The molecule has 3 aliphatic heterocycles. The van der Waals surface area contributed by atoms with E-state index in [1.54, 1.807) is 0 Å². The number of carboxylic acid groups (broad SMARTS) is 1. The molecule has 4 fully saturated rings. The SMILES string of the molecule is CC1(C)COC(=O)N1CC1(C2CCCCC2)CCN(C(=O)C2CNCC[C@H]2c2ccc(F)cc2)CC1.O=C(O)C(F)(F)F. The van der Waals surface area contributed by atoms with Gasteiger partial charge < -0.3 is 20.1 Å². The lowest BCUT2D eigenvalue weighted by atomic mass is 9.63. The van der Waals surface area contributed by atoms with Gasteiger partial charge >= 0.3 is 18.2 Å². The van der Waals surface area contributed by atoms with Crippen LogP contribution in [0.1, 0.15) is 76.7 Å². The van der Waals surface area contributed by atoms with Gasteiger partial charge in [-0.15, -0.1) is 0 Å². The van der Waals surface area contributed by atoms with Crippen molar-refractivity contribution in [2.45, 2.75) is 82.8 Å². The van der Waals surface area contributed by atoms with E-state index >= 15 is 0 Å². The predicted molar refractivity (Wildman–Crippen MR) is 151 cm³/mol.